The molecule has 1 heterocycles. The van der Waals surface area contributed by atoms with Crippen LogP contribution in [0.5, 0.6) is 35.3 Å². The second kappa shape index (κ2) is 11.3. The number of para-hydroxylation sites is 3. The van der Waals surface area contributed by atoms with Gasteiger partial charge in [-0.1, -0.05) is 78.4 Å². The molecular formula is C30H29N3O3. The summed E-state index contributed by atoms with van der Waals surface area (Å²) in [6.07, 6.45) is 2.71. The van der Waals surface area contributed by atoms with E-state index in [2.05, 4.69) is 21.5 Å². The van der Waals surface area contributed by atoms with Crippen molar-refractivity contribution in [1.29, 1.82) is 0 Å². The first-order valence-electron chi connectivity index (χ1n) is 11.7. The fraction of sp³-hybridized carbons (Fsp3) is 0.167. The number of nitrogens with zero attached hydrogens (tertiary/aromatic N) is 3. The minimum atomic E-state index is 0.0653. The Morgan fingerprint density at radius 1 is 0.694 bits per heavy atom. The van der Waals surface area contributed by atoms with Crippen LogP contribution in [0.25, 0.3) is 6.08 Å². The molecule has 4 rings (SSSR count). The molecule has 0 saturated heterocycles. The Labute approximate surface area is 212 Å². The van der Waals surface area contributed by atoms with E-state index in [4.69, 9.17) is 14.2 Å². The molecule has 182 valence electrons. The predicted octanol–water partition coefficient (Wildman–Crippen LogP) is 8.10. The molecule has 4 aromatic rings. The van der Waals surface area contributed by atoms with E-state index in [0.29, 0.717) is 23.7 Å². The van der Waals surface area contributed by atoms with E-state index in [9.17, 15) is 0 Å². The highest BCUT2D eigenvalue weighted by Crippen LogP contribution is 2.31. The first-order chi connectivity index (χ1) is 17.4. The molecule has 0 aliphatic carbocycles. The van der Waals surface area contributed by atoms with Gasteiger partial charge in [0.25, 0.3) is 0 Å². The van der Waals surface area contributed by atoms with Crippen molar-refractivity contribution in [2.45, 2.75) is 34.1 Å². The van der Waals surface area contributed by atoms with Crippen LogP contribution in [0.1, 0.15) is 37.5 Å². The Morgan fingerprint density at radius 2 is 1.19 bits per heavy atom. The van der Waals surface area contributed by atoms with Gasteiger partial charge >= 0.3 is 18.0 Å². The standard InChI is InChI=1S/C30H29N3O3/c1-20(2)18-23-13-7-10-16-26(23)35-29-31-28(34-25-15-9-6-12-22(25)5)32-30(33-29)36-27-17-11-8-14-24(27)19-21(3)4/h6-17,19H,1,18H2,2-5H3. The lowest BCUT2D eigenvalue weighted by molar-refractivity contribution is 0.360. The lowest BCUT2D eigenvalue weighted by Crippen LogP contribution is -2.03. The molecule has 0 amide bonds. The number of hydrogen-bond donors (Lipinski definition) is 0. The highest BCUT2D eigenvalue weighted by molar-refractivity contribution is 5.59. The van der Waals surface area contributed by atoms with Gasteiger partial charge in [0.05, 0.1) is 0 Å². The molecule has 1 aromatic heterocycles. The van der Waals surface area contributed by atoms with Crippen LogP contribution in [0.2, 0.25) is 0 Å². The molecule has 0 bridgehead atoms. The second-order valence-corrected chi connectivity index (χ2v) is 8.76. The zero-order valence-corrected chi connectivity index (χ0v) is 21.0. The molecular weight excluding hydrogens is 450 g/mol. The van der Waals surface area contributed by atoms with E-state index in [1.165, 1.54) is 0 Å². The van der Waals surface area contributed by atoms with Crippen molar-refractivity contribution in [1.82, 2.24) is 15.0 Å². The van der Waals surface area contributed by atoms with E-state index < -0.39 is 0 Å². The number of ether oxygens (including phenoxy) is 3. The molecule has 0 radical (unpaired) electrons. The minimum absolute atomic E-state index is 0.0653. The fourth-order valence-corrected chi connectivity index (χ4v) is 3.50. The SMILES string of the molecule is C=C(C)Cc1ccccc1Oc1nc(Oc2ccccc2C)nc(Oc2ccccc2C=C(C)C)n1. The average Bonchev–Trinajstić information content (AvgIpc) is 2.82. The maximum atomic E-state index is 6.12. The van der Waals surface area contributed by atoms with E-state index >= 15 is 0 Å². The van der Waals surface area contributed by atoms with Gasteiger partial charge in [0, 0.05) is 5.56 Å². The van der Waals surface area contributed by atoms with Crippen molar-refractivity contribution < 1.29 is 14.2 Å². The molecule has 6 heteroatoms. The van der Waals surface area contributed by atoms with Gasteiger partial charge in [-0.15, -0.1) is 15.0 Å². The van der Waals surface area contributed by atoms with Gasteiger partial charge in [0.1, 0.15) is 17.2 Å². The third kappa shape index (κ3) is 6.57. The van der Waals surface area contributed by atoms with E-state index in [0.717, 1.165) is 27.8 Å². The van der Waals surface area contributed by atoms with Gasteiger partial charge in [-0.2, -0.15) is 0 Å². The summed E-state index contributed by atoms with van der Waals surface area (Å²) in [4.78, 5) is 13.3. The fourth-order valence-electron chi connectivity index (χ4n) is 3.50. The molecule has 3 aromatic carbocycles. The van der Waals surface area contributed by atoms with Crippen LogP contribution < -0.4 is 14.2 Å². The number of aromatic nitrogens is 3. The monoisotopic (exact) mass is 479 g/mol. The zero-order valence-electron chi connectivity index (χ0n) is 21.0. The maximum Gasteiger partial charge on any atom is 0.331 e. The summed E-state index contributed by atoms with van der Waals surface area (Å²) in [6, 6.07) is 23.2. The second-order valence-electron chi connectivity index (χ2n) is 8.76. The summed E-state index contributed by atoms with van der Waals surface area (Å²) in [5.41, 5.74) is 4.99. The number of allylic oxidation sites excluding steroid dienone is 2. The first kappa shape index (κ1) is 24.7. The molecule has 6 nitrogen and oxygen atoms in total. The van der Waals surface area contributed by atoms with Crippen molar-refractivity contribution in [3.8, 4) is 35.3 Å². The summed E-state index contributed by atoms with van der Waals surface area (Å²) in [6.45, 7) is 12.0. The Hall–Kier alpha value is -4.45. The normalized spacial score (nSPS) is 10.4. The van der Waals surface area contributed by atoms with Crippen LogP contribution in [0.4, 0.5) is 0 Å². The van der Waals surface area contributed by atoms with Crippen molar-refractivity contribution >= 4 is 6.08 Å². The topological polar surface area (TPSA) is 66.4 Å². The summed E-state index contributed by atoms with van der Waals surface area (Å²) in [7, 11) is 0. The molecule has 0 aliphatic rings. The number of rotatable bonds is 9. The molecule has 36 heavy (non-hydrogen) atoms. The number of benzene rings is 3. The number of aryl methyl sites for hydroxylation is 1. The van der Waals surface area contributed by atoms with E-state index in [1.54, 1.807) is 0 Å². The molecule has 0 spiro atoms. The van der Waals surface area contributed by atoms with Crippen LogP contribution in [-0.2, 0) is 6.42 Å². The highest BCUT2D eigenvalue weighted by atomic mass is 16.5. The lowest BCUT2D eigenvalue weighted by Gasteiger charge is -2.13. The van der Waals surface area contributed by atoms with Gasteiger partial charge in [-0.3, -0.25) is 0 Å². The van der Waals surface area contributed by atoms with Crippen LogP contribution in [0, 0.1) is 6.92 Å². The summed E-state index contributed by atoms with van der Waals surface area (Å²) >= 11 is 0. The molecule has 0 fully saturated rings. The molecule has 0 saturated carbocycles. The molecule has 0 atom stereocenters. The first-order valence-corrected chi connectivity index (χ1v) is 11.7. The van der Waals surface area contributed by atoms with Crippen LogP contribution in [0.3, 0.4) is 0 Å². The zero-order chi connectivity index (χ0) is 25.5. The van der Waals surface area contributed by atoms with E-state index in [1.807, 2.05) is 107 Å². The Bertz CT molecular complexity index is 1410. The van der Waals surface area contributed by atoms with Gasteiger partial charge < -0.3 is 14.2 Å². The third-order valence-electron chi connectivity index (χ3n) is 5.10. The lowest BCUT2D eigenvalue weighted by atomic mass is 10.1. The summed E-state index contributed by atoms with van der Waals surface area (Å²) < 4.78 is 18.2. The van der Waals surface area contributed by atoms with Crippen LogP contribution >= 0.6 is 0 Å². The molecule has 0 unspecified atom stereocenters. The van der Waals surface area contributed by atoms with Gasteiger partial charge in [0.2, 0.25) is 0 Å². The van der Waals surface area contributed by atoms with Crippen molar-refractivity contribution in [3.63, 3.8) is 0 Å². The quantitative estimate of drug-likeness (QED) is 0.226. The molecule has 0 N–H and O–H groups in total. The Balaban J connectivity index is 1.73. The third-order valence-corrected chi connectivity index (χ3v) is 5.10. The largest absolute Gasteiger partial charge is 0.424 e. The Kier molecular flexibility index (Phi) is 7.75. The smallest absolute Gasteiger partial charge is 0.331 e. The Morgan fingerprint density at radius 3 is 1.81 bits per heavy atom. The predicted molar refractivity (Wildman–Crippen MR) is 142 cm³/mol. The van der Waals surface area contributed by atoms with Crippen molar-refractivity contribution in [2.24, 2.45) is 0 Å². The average molecular weight is 480 g/mol. The van der Waals surface area contributed by atoms with Gasteiger partial charge in [-0.05, 0) is 63.4 Å². The number of hydrogen-bond acceptors (Lipinski definition) is 6. The van der Waals surface area contributed by atoms with Gasteiger partial charge in [-0.25, -0.2) is 0 Å². The maximum absolute atomic E-state index is 6.12. The minimum Gasteiger partial charge on any atom is -0.424 e. The van der Waals surface area contributed by atoms with Crippen molar-refractivity contribution in [3.05, 3.63) is 107 Å². The van der Waals surface area contributed by atoms with Crippen LogP contribution in [-0.4, -0.2) is 15.0 Å². The van der Waals surface area contributed by atoms with Crippen LogP contribution in [0.15, 0.2) is 90.5 Å². The van der Waals surface area contributed by atoms with Gasteiger partial charge in [0.15, 0.2) is 0 Å². The summed E-state index contributed by atoms with van der Waals surface area (Å²) in [5, 5.41) is 0. The summed E-state index contributed by atoms with van der Waals surface area (Å²) in [5.74, 6) is 1.87. The highest BCUT2D eigenvalue weighted by Gasteiger charge is 2.16. The van der Waals surface area contributed by atoms with E-state index in [-0.39, 0.29) is 18.0 Å². The molecule has 0 aliphatic heterocycles. The van der Waals surface area contributed by atoms with Crippen molar-refractivity contribution in [2.75, 3.05) is 0 Å².